The van der Waals surface area contributed by atoms with E-state index in [-0.39, 0.29) is 24.6 Å². The van der Waals surface area contributed by atoms with Crippen molar-refractivity contribution in [2.24, 2.45) is 0 Å². The van der Waals surface area contributed by atoms with Gasteiger partial charge in [0.1, 0.15) is 5.75 Å². The number of carbonyl (C=O) groups is 2. The second kappa shape index (κ2) is 13.8. The Labute approximate surface area is 252 Å². The fraction of sp³-hybridized carbons (Fsp3) is 0.300. The van der Waals surface area contributed by atoms with E-state index in [1.165, 1.54) is 25.6 Å². The molecule has 0 unspecified atom stereocenters. The third-order valence-corrected chi connectivity index (χ3v) is 7.76. The second-order valence-corrected chi connectivity index (χ2v) is 10.9. The average molecular weight is 606 g/mol. The Hall–Kier alpha value is -4.30. The van der Waals surface area contributed by atoms with E-state index < -0.39 is 24.3 Å². The summed E-state index contributed by atoms with van der Waals surface area (Å²) in [5.74, 6) is -0.287. The lowest BCUT2D eigenvalue weighted by Gasteiger charge is -2.36. The number of hydrogen-bond donors (Lipinski definition) is 3. The van der Waals surface area contributed by atoms with Gasteiger partial charge >= 0.3 is 5.97 Å². The first-order valence-electron chi connectivity index (χ1n) is 13.6. The summed E-state index contributed by atoms with van der Waals surface area (Å²) in [4.78, 5) is 23.5. The van der Waals surface area contributed by atoms with Crippen LogP contribution in [0.25, 0.3) is 5.69 Å². The molecule has 0 bridgehead atoms. The molecule has 4 atom stereocenters. The molecule has 1 fully saturated rings. The Morgan fingerprint density at radius 2 is 1.74 bits per heavy atom. The molecule has 0 spiro atoms. The minimum Gasteiger partial charge on any atom is -0.508 e. The molecular weight excluding hydrogens is 574 g/mol. The number of amides is 1. The number of aliphatic hydroxyl groups excluding tert-OH is 1. The SMILES string of the molecule is CC(=O)O[C@@H](C)C(=O)Nc1ccc([C@H]2O[C@@H](CSc3nnnn3-c3ccc(O)cc3)C[C@@H](c3ccc(CO)cc3)O2)cc1. The predicted octanol–water partition coefficient (Wildman–Crippen LogP) is 4.09. The number of phenolic OH excluding ortho intramolecular Hbond substituents is 1. The fourth-order valence-electron chi connectivity index (χ4n) is 4.48. The standard InChI is InChI=1S/C30H31N5O7S/c1-18(40-19(2)37)28(39)31-23-9-7-22(8-10-23)29-41-26(15-27(42-29)21-5-3-20(16-36)4-6-21)17-43-30-32-33-34-35(30)24-11-13-25(38)14-12-24/h3-14,18,26-27,29,36,38H,15-17H2,1-2H3,(H,31,39)/t18-,26+,27-,29-/m0/s1. The number of anilines is 1. The minimum atomic E-state index is -0.923. The summed E-state index contributed by atoms with van der Waals surface area (Å²) in [6, 6.07) is 21.3. The summed E-state index contributed by atoms with van der Waals surface area (Å²) in [5, 5.41) is 34.5. The average Bonchev–Trinajstić information content (AvgIpc) is 3.49. The summed E-state index contributed by atoms with van der Waals surface area (Å²) in [5.41, 5.74) is 3.77. The van der Waals surface area contributed by atoms with Crippen molar-refractivity contribution >= 4 is 29.3 Å². The van der Waals surface area contributed by atoms with E-state index in [9.17, 15) is 19.8 Å². The van der Waals surface area contributed by atoms with E-state index in [1.807, 2.05) is 36.4 Å². The van der Waals surface area contributed by atoms with Gasteiger partial charge in [-0.1, -0.05) is 48.2 Å². The number of aliphatic hydroxyl groups is 1. The number of phenols is 1. The van der Waals surface area contributed by atoms with E-state index in [2.05, 4.69) is 20.8 Å². The Kier molecular flexibility index (Phi) is 9.67. The smallest absolute Gasteiger partial charge is 0.303 e. The van der Waals surface area contributed by atoms with Gasteiger partial charge in [-0.25, -0.2) is 0 Å². The number of ether oxygens (including phenoxy) is 3. The van der Waals surface area contributed by atoms with Crippen molar-refractivity contribution in [3.05, 3.63) is 89.5 Å². The van der Waals surface area contributed by atoms with Crippen LogP contribution in [-0.4, -0.2) is 60.3 Å². The summed E-state index contributed by atoms with van der Waals surface area (Å²) in [6.07, 6.45) is -1.56. The molecule has 4 aromatic rings. The van der Waals surface area contributed by atoms with Crippen LogP contribution >= 0.6 is 11.8 Å². The highest BCUT2D eigenvalue weighted by atomic mass is 32.2. The number of nitrogens with one attached hydrogen (secondary N) is 1. The van der Waals surface area contributed by atoms with Crippen LogP contribution in [0.1, 0.15) is 49.4 Å². The quantitative estimate of drug-likeness (QED) is 0.177. The third-order valence-electron chi connectivity index (χ3n) is 6.71. The summed E-state index contributed by atoms with van der Waals surface area (Å²) in [7, 11) is 0. The van der Waals surface area contributed by atoms with E-state index in [0.717, 1.165) is 16.7 Å². The highest BCUT2D eigenvalue weighted by Crippen LogP contribution is 2.39. The van der Waals surface area contributed by atoms with Crippen LogP contribution < -0.4 is 5.32 Å². The molecule has 0 aliphatic carbocycles. The molecule has 0 saturated carbocycles. The molecule has 13 heteroatoms. The number of nitrogens with zero attached hydrogens (tertiary/aromatic N) is 4. The Bertz CT molecular complexity index is 1530. The lowest BCUT2D eigenvalue weighted by Crippen LogP contribution is -2.31. The molecule has 224 valence electrons. The molecule has 1 aromatic heterocycles. The van der Waals surface area contributed by atoms with E-state index in [1.54, 1.807) is 41.1 Å². The fourth-order valence-corrected chi connectivity index (χ4v) is 5.39. The number of thioether (sulfide) groups is 1. The number of carbonyl (C=O) groups excluding carboxylic acids is 2. The van der Waals surface area contributed by atoms with Crippen LogP contribution in [-0.2, 0) is 30.4 Å². The van der Waals surface area contributed by atoms with Crippen LogP contribution in [0.3, 0.4) is 0 Å². The summed E-state index contributed by atoms with van der Waals surface area (Å²) in [6.45, 7) is 2.71. The first-order valence-corrected chi connectivity index (χ1v) is 14.6. The van der Waals surface area contributed by atoms with Gasteiger partial charge in [0.2, 0.25) is 5.16 Å². The predicted molar refractivity (Wildman–Crippen MR) is 156 cm³/mol. The van der Waals surface area contributed by atoms with Crippen molar-refractivity contribution in [2.75, 3.05) is 11.1 Å². The normalized spacial score (nSPS) is 19.0. The zero-order chi connectivity index (χ0) is 30.3. The van der Waals surface area contributed by atoms with Gasteiger partial charge in [0.05, 0.1) is 24.5 Å². The van der Waals surface area contributed by atoms with Gasteiger partial charge in [-0.3, -0.25) is 9.59 Å². The maximum Gasteiger partial charge on any atom is 0.303 e. The maximum absolute atomic E-state index is 12.3. The van der Waals surface area contributed by atoms with Gasteiger partial charge < -0.3 is 29.7 Å². The lowest BCUT2D eigenvalue weighted by molar-refractivity contribution is -0.245. The molecule has 1 saturated heterocycles. The molecule has 1 aliphatic rings. The number of aromatic hydroxyl groups is 1. The minimum absolute atomic E-state index is 0.0465. The third kappa shape index (κ3) is 7.76. The molecule has 0 radical (unpaired) electrons. The van der Waals surface area contributed by atoms with E-state index in [0.29, 0.717) is 28.7 Å². The number of hydrogen-bond acceptors (Lipinski definition) is 11. The molecule has 3 N–H and O–H groups in total. The van der Waals surface area contributed by atoms with Gasteiger partial charge in [0.25, 0.3) is 5.91 Å². The zero-order valence-electron chi connectivity index (χ0n) is 23.5. The topological polar surface area (TPSA) is 158 Å². The van der Waals surface area contributed by atoms with Crippen molar-refractivity contribution < 1.29 is 34.0 Å². The molecule has 1 aliphatic heterocycles. The highest BCUT2D eigenvalue weighted by molar-refractivity contribution is 7.99. The molecular formula is C30H31N5O7S. The van der Waals surface area contributed by atoms with E-state index >= 15 is 0 Å². The number of esters is 1. The molecule has 12 nitrogen and oxygen atoms in total. The Morgan fingerprint density at radius 1 is 1.05 bits per heavy atom. The largest absolute Gasteiger partial charge is 0.508 e. The van der Waals surface area contributed by atoms with Crippen molar-refractivity contribution in [2.45, 2.75) is 56.6 Å². The van der Waals surface area contributed by atoms with Crippen molar-refractivity contribution in [1.82, 2.24) is 20.2 Å². The van der Waals surface area contributed by atoms with Crippen molar-refractivity contribution in [3.63, 3.8) is 0 Å². The van der Waals surface area contributed by atoms with Gasteiger partial charge in [0, 0.05) is 30.3 Å². The van der Waals surface area contributed by atoms with Crippen LogP contribution in [0.4, 0.5) is 5.69 Å². The summed E-state index contributed by atoms with van der Waals surface area (Å²) >= 11 is 1.44. The van der Waals surface area contributed by atoms with E-state index in [4.69, 9.17) is 14.2 Å². The number of benzene rings is 3. The van der Waals surface area contributed by atoms with Gasteiger partial charge in [-0.05, 0) is 64.9 Å². The Balaban J connectivity index is 1.31. The lowest BCUT2D eigenvalue weighted by atomic mass is 10.0. The van der Waals surface area contributed by atoms with Crippen LogP contribution in [0.2, 0.25) is 0 Å². The number of aromatic nitrogens is 4. The highest BCUT2D eigenvalue weighted by Gasteiger charge is 2.33. The molecule has 1 amide bonds. The second-order valence-electron chi connectivity index (χ2n) is 9.91. The van der Waals surface area contributed by atoms with Gasteiger partial charge in [-0.15, -0.1) is 5.10 Å². The first kappa shape index (κ1) is 30.2. The molecule has 2 heterocycles. The summed E-state index contributed by atoms with van der Waals surface area (Å²) < 4.78 is 19.3. The monoisotopic (exact) mass is 605 g/mol. The van der Waals surface area contributed by atoms with Crippen LogP contribution in [0.15, 0.2) is 78.0 Å². The maximum atomic E-state index is 12.3. The molecule has 5 rings (SSSR count). The molecule has 3 aromatic carbocycles. The van der Waals surface area contributed by atoms with Gasteiger partial charge in [0.15, 0.2) is 12.4 Å². The van der Waals surface area contributed by atoms with Gasteiger partial charge in [-0.2, -0.15) is 4.68 Å². The first-order chi connectivity index (χ1) is 20.8. The molecule has 43 heavy (non-hydrogen) atoms. The van der Waals surface area contributed by atoms with Crippen molar-refractivity contribution in [3.8, 4) is 11.4 Å². The van der Waals surface area contributed by atoms with Crippen LogP contribution in [0.5, 0.6) is 5.75 Å². The zero-order valence-corrected chi connectivity index (χ0v) is 24.3. The van der Waals surface area contributed by atoms with Crippen molar-refractivity contribution in [1.29, 1.82) is 0 Å². The Morgan fingerprint density at radius 3 is 2.42 bits per heavy atom. The number of rotatable bonds is 10. The number of tetrazole rings is 1. The van der Waals surface area contributed by atoms with Crippen LogP contribution in [0, 0.1) is 0 Å².